The number of ether oxygens (including phenoxy) is 1. The molecule has 2 aromatic rings. The summed E-state index contributed by atoms with van der Waals surface area (Å²) in [6, 6.07) is 2.15. The first-order chi connectivity index (χ1) is 11.7. The SMILES string of the molecule is CCC(CC)C1CC(Nc2ncnc(-n3cccn3)c2N)CCO1. The van der Waals surface area contributed by atoms with Crippen molar-refractivity contribution in [3.63, 3.8) is 0 Å². The van der Waals surface area contributed by atoms with Crippen LogP contribution in [0, 0.1) is 5.92 Å². The molecule has 0 bridgehead atoms. The van der Waals surface area contributed by atoms with Crippen LogP contribution in [0.25, 0.3) is 5.82 Å². The predicted molar refractivity (Wildman–Crippen MR) is 94.0 cm³/mol. The highest BCUT2D eigenvalue weighted by molar-refractivity contribution is 5.69. The zero-order valence-corrected chi connectivity index (χ0v) is 14.4. The second kappa shape index (κ2) is 7.61. The molecular formula is C17H26N6O. The first-order valence-corrected chi connectivity index (χ1v) is 8.71. The number of nitrogen functional groups attached to an aromatic ring is 1. The fourth-order valence-electron chi connectivity index (χ4n) is 3.37. The maximum atomic E-state index is 6.26. The molecule has 1 fully saturated rings. The largest absolute Gasteiger partial charge is 0.393 e. The van der Waals surface area contributed by atoms with Gasteiger partial charge in [0.2, 0.25) is 0 Å². The number of nitrogens with zero attached hydrogens (tertiary/aromatic N) is 4. The van der Waals surface area contributed by atoms with Gasteiger partial charge in [0, 0.05) is 25.0 Å². The molecule has 7 nitrogen and oxygen atoms in total. The molecular weight excluding hydrogens is 304 g/mol. The van der Waals surface area contributed by atoms with Gasteiger partial charge < -0.3 is 15.8 Å². The molecule has 2 unspecified atom stereocenters. The normalized spacial score (nSPS) is 21.1. The van der Waals surface area contributed by atoms with Gasteiger partial charge in [0.05, 0.1) is 6.10 Å². The molecule has 0 spiro atoms. The lowest BCUT2D eigenvalue weighted by atomic mass is 9.89. The van der Waals surface area contributed by atoms with Crippen molar-refractivity contribution in [2.75, 3.05) is 17.7 Å². The van der Waals surface area contributed by atoms with Crippen LogP contribution in [0.1, 0.15) is 39.5 Å². The van der Waals surface area contributed by atoms with Crippen molar-refractivity contribution in [3.05, 3.63) is 24.8 Å². The minimum absolute atomic E-state index is 0.305. The summed E-state index contributed by atoms with van der Waals surface area (Å²) in [5, 5.41) is 7.68. The molecule has 1 saturated heterocycles. The lowest BCUT2D eigenvalue weighted by Crippen LogP contribution is -2.38. The number of rotatable bonds is 6. The van der Waals surface area contributed by atoms with E-state index in [2.05, 4.69) is 34.2 Å². The highest BCUT2D eigenvalue weighted by Crippen LogP contribution is 2.28. The number of nitrogens with one attached hydrogen (secondary N) is 1. The van der Waals surface area contributed by atoms with Gasteiger partial charge in [-0.05, 0) is 24.8 Å². The van der Waals surface area contributed by atoms with E-state index < -0.39 is 0 Å². The molecule has 0 aliphatic carbocycles. The maximum absolute atomic E-state index is 6.26. The molecule has 130 valence electrons. The third-order valence-corrected chi connectivity index (χ3v) is 4.81. The van der Waals surface area contributed by atoms with Gasteiger partial charge in [0.1, 0.15) is 12.0 Å². The molecule has 24 heavy (non-hydrogen) atoms. The van der Waals surface area contributed by atoms with Crippen molar-refractivity contribution in [2.24, 2.45) is 5.92 Å². The molecule has 2 aromatic heterocycles. The summed E-state index contributed by atoms with van der Waals surface area (Å²) >= 11 is 0. The predicted octanol–water partition coefficient (Wildman–Crippen LogP) is 2.64. The zero-order chi connectivity index (χ0) is 16.9. The number of hydrogen-bond donors (Lipinski definition) is 2. The van der Waals surface area contributed by atoms with E-state index in [9.17, 15) is 0 Å². The Hall–Kier alpha value is -2.15. The van der Waals surface area contributed by atoms with Gasteiger partial charge in [-0.2, -0.15) is 5.10 Å². The highest BCUT2D eigenvalue weighted by Gasteiger charge is 2.28. The van der Waals surface area contributed by atoms with E-state index in [1.807, 2.05) is 12.3 Å². The Bertz CT molecular complexity index is 641. The molecule has 1 aliphatic rings. The van der Waals surface area contributed by atoms with Crippen LogP contribution in [-0.2, 0) is 4.74 Å². The zero-order valence-electron chi connectivity index (χ0n) is 14.4. The Morgan fingerprint density at radius 3 is 2.92 bits per heavy atom. The topological polar surface area (TPSA) is 90.9 Å². The molecule has 3 heterocycles. The number of anilines is 2. The Labute approximate surface area is 142 Å². The van der Waals surface area contributed by atoms with E-state index in [-0.39, 0.29) is 0 Å². The summed E-state index contributed by atoms with van der Waals surface area (Å²) in [5.74, 6) is 1.88. The van der Waals surface area contributed by atoms with Crippen LogP contribution in [-0.4, -0.2) is 38.5 Å². The van der Waals surface area contributed by atoms with Crippen LogP contribution in [0.4, 0.5) is 11.5 Å². The molecule has 1 aliphatic heterocycles. The van der Waals surface area contributed by atoms with Gasteiger partial charge in [-0.25, -0.2) is 14.6 Å². The number of aromatic nitrogens is 4. The molecule has 3 rings (SSSR count). The summed E-state index contributed by atoms with van der Waals surface area (Å²) in [6.45, 7) is 5.23. The van der Waals surface area contributed by atoms with Crippen LogP contribution in [0.2, 0.25) is 0 Å². The average molecular weight is 330 g/mol. The van der Waals surface area contributed by atoms with Gasteiger partial charge in [-0.3, -0.25) is 0 Å². The van der Waals surface area contributed by atoms with E-state index in [0.717, 1.165) is 32.3 Å². The number of nitrogens with two attached hydrogens (primary N) is 1. The molecule has 3 N–H and O–H groups in total. The third kappa shape index (κ3) is 3.51. The summed E-state index contributed by atoms with van der Waals surface area (Å²) in [6.07, 6.45) is 9.57. The van der Waals surface area contributed by atoms with Gasteiger partial charge in [-0.1, -0.05) is 26.7 Å². The van der Waals surface area contributed by atoms with E-state index in [1.165, 1.54) is 6.33 Å². The van der Waals surface area contributed by atoms with E-state index >= 15 is 0 Å². The summed E-state index contributed by atoms with van der Waals surface area (Å²) in [4.78, 5) is 8.57. The van der Waals surface area contributed by atoms with Crippen molar-refractivity contribution >= 4 is 11.5 Å². The number of hydrogen-bond acceptors (Lipinski definition) is 6. The fraction of sp³-hybridized carbons (Fsp3) is 0.588. The van der Waals surface area contributed by atoms with Crippen LogP contribution >= 0.6 is 0 Å². The van der Waals surface area contributed by atoms with Gasteiger partial charge in [0.15, 0.2) is 11.6 Å². The van der Waals surface area contributed by atoms with Crippen LogP contribution < -0.4 is 11.1 Å². The van der Waals surface area contributed by atoms with Crippen molar-refractivity contribution in [3.8, 4) is 5.82 Å². The van der Waals surface area contributed by atoms with Crippen LogP contribution in [0.15, 0.2) is 24.8 Å². The molecule has 0 amide bonds. The standard InChI is InChI=1S/C17H26N6O/c1-3-12(4-2)14-10-13(6-9-24-14)22-16-15(18)17(20-11-19-16)23-8-5-7-21-23/h5,7-8,11-14H,3-4,6,9-10,18H2,1-2H3,(H,19,20,22). The molecule has 0 saturated carbocycles. The minimum atomic E-state index is 0.305. The van der Waals surface area contributed by atoms with E-state index in [1.54, 1.807) is 10.9 Å². The van der Waals surface area contributed by atoms with Gasteiger partial charge in [-0.15, -0.1) is 0 Å². The minimum Gasteiger partial charge on any atom is -0.393 e. The summed E-state index contributed by atoms with van der Waals surface area (Å²) in [7, 11) is 0. The van der Waals surface area contributed by atoms with Crippen molar-refractivity contribution in [1.82, 2.24) is 19.7 Å². The lowest BCUT2D eigenvalue weighted by molar-refractivity contribution is -0.0271. The van der Waals surface area contributed by atoms with E-state index in [0.29, 0.717) is 35.4 Å². The lowest BCUT2D eigenvalue weighted by Gasteiger charge is -2.34. The highest BCUT2D eigenvalue weighted by atomic mass is 16.5. The monoisotopic (exact) mass is 330 g/mol. The van der Waals surface area contributed by atoms with Crippen LogP contribution in [0.5, 0.6) is 0 Å². The van der Waals surface area contributed by atoms with Crippen molar-refractivity contribution in [2.45, 2.75) is 51.7 Å². The second-order valence-corrected chi connectivity index (χ2v) is 6.26. The Morgan fingerprint density at radius 1 is 1.38 bits per heavy atom. The molecule has 0 radical (unpaired) electrons. The van der Waals surface area contributed by atoms with Gasteiger partial charge in [0.25, 0.3) is 0 Å². The fourth-order valence-corrected chi connectivity index (χ4v) is 3.37. The molecule has 2 atom stereocenters. The molecule has 7 heteroatoms. The van der Waals surface area contributed by atoms with Crippen LogP contribution in [0.3, 0.4) is 0 Å². The van der Waals surface area contributed by atoms with E-state index in [4.69, 9.17) is 10.5 Å². The van der Waals surface area contributed by atoms with Crippen molar-refractivity contribution in [1.29, 1.82) is 0 Å². The smallest absolute Gasteiger partial charge is 0.181 e. The molecule has 0 aromatic carbocycles. The van der Waals surface area contributed by atoms with Gasteiger partial charge >= 0.3 is 0 Å². The third-order valence-electron chi connectivity index (χ3n) is 4.81. The second-order valence-electron chi connectivity index (χ2n) is 6.26. The summed E-state index contributed by atoms with van der Waals surface area (Å²) in [5.41, 5.74) is 6.78. The first-order valence-electron chi connectivity index (χ1n) is 8.71. The Morgan fingerprint density at radius 2 is 2.21 bits per heavy atom. The summed E-state index contributed by atoms with van der Waals surface area (Å²) < 4.78 is 7.64. The first kappa shape index (κ1) is 16.7. The Kier molecular flexibility index (Phi) is 5.30. The quantitative estimate of drug-likeness (QED) is 0.846. The Balaban J connectivity index is 1.73. The maximum Gasteiger partial charge on any atom is 0.181 e. The average Bonchev–Trinajstić information content (AvgIpc) is 3.13. The van der Waals surface area contributed by atoms with Crippen molar-refractivity contribution < 1.29 is 4.74 Å².